The van der Waals surface area contributed by atoms with Crippen molar-refractivity contribution in [2.24, 2.45) is 4.99 Å². The molecule has 0 atom stereocenters. The predicted octanol–water partition coefficient (Wildman–Crippen LogP) is 3.78. The number of halogens is 2. The summed E-state index contributed by atoms with van der Waals surface area (Å²) in [4.78, 5) is 9.75. The average molecular weight is 402 g/mol. The molecule has 7 heteroatoms. The molecule has 0 radical (unpaired) electrons. The van der Waals surface area contributed by atoms with Crippen LogP contribution in [0.3, 0.4) is 0 Å². The van der Waals surface area contributed by atoms with Gasteiger partial charge in [0.05, 0.1) is 6.54 Å². The summed E-state index contributed by atoms with van der Waals surface area (Å²) in [5.74, 6) is 0.769. The molecule has 0 unspecified atom stereocenters. The average Bonchev–Trinajstić information content (AvgIpc) is 2.91. The molecule has 4 nitrogen and oxygen atoms in total. The van der Waals surface area contributed by atoms with Crippen molar-refractivity contribution in [3.63, 3.8) is 0 Å². The van der Waals surface area contributed by atoms with Crippen LogP contribution in [0.4, 0.5) is 0 Å². The highest BCUT2D eigenvalue weighted by Gasteiger charge is 2.04. The molecule has 2 N–H and O–H groups in total. The van der Waals surface area contributed by atoms with Crippen LogP contribution in [0.1, 0.15) is 15.4 Å². The smallest absolute Gasteiger partial charge is 0.191 e. The number of hydrogen-bond donors (Lipinski definition) is 2. The van der Waals surface area contributed by atoms with Crippen molar-refractivity contribution >= 4 is 44.8 Å². The Bertz CT molecular complexity index is 657. The molecular weight excluding hydrogens is 384 g/mol. The van der Waals surface area contributed by atoms with Crippen LogP contribution in [0.5, 0.6) is 0 Å². The van der Waals surface area contributed by atoms with Gasteiger partial charge in [0.15, 0.2) is 5.96 Å². The van der Waals surface area contributed by atoms with Crippen LogP contribution < -0.4 is 10.6 Å². The van der Waals surface area contributed by atoms with Gasteiger partial charge in [0, 0.05) is 34.2 Å². The first-order valence-corrected chi connectivity index (χ1v) is 8.87. The number of aliphatic imine (C=N–C) groups is 1. The Morgan fingerprint density at radius 3 is 2.91 bits per heavy atom. The van der Waals surface area contributed by atoms with E-state index in [1.54, 1.807) is 18.4 Å². The molecule has 0 spiro atoms. The maximum absolute atomic E-state index is 6.02. The van der Waals surface area contributed by atoms with Crippen molar-refractivity contribution in [3.05, 3.63) is 49.3 Å². The molecular formula is C15H18BrClN4S. The Kier molecular flexibility index (Phi) is 6.67. The zero-order chi connectivity index (χ0) is 15.9. The molecule has 1 heterocycles. The highest BCUT2D eigenvalue weighted by atomic mass is 79.9. The Hall–Kier alpha value is -1.11. The van der Waals surface area contributed by atoms with Gasteiger partial charge in [-0.3, -0.25) is 4.99 Å². The van der Waals surface area contributed by atoms with Crippen molar-refractivity contribution in [2.75, 3.05) is 13.6 Å². The largest absolute Gasteiger partial charge is 0.356 e. The zero-order valence-corrected chi connectivity index (χ0v) is 15.6. The first-order valence-electron chi connectivity index (χ1n) is 6.88. The van der Waals surface area contributed by atoms with Gasteiger partial charge < -0.3 is 10.6 Å². The molecule has 0 amide bonds. The van der Waals surface area contributed by atoms with Crippen molar-refractivity contribution < 1.29 is 0 Å². The summed E-state index contributed by atoms with van der Waals surface area (Å²) in [5, 5.41) is 8.36. The number of aryl methyl sites for hydroxylation is 1. The first kappa shape index (κ1) is 17.2. The van der Waals surface area contributed by atoms with Crippen LogP contribution in [0, 0.1) is 6.92 Å². The summed E-state index contributed by atoms with van der Waals surface area (Å²) in [5.41, 5.74) is 1.17. The van der Waals surface area contributed by atoms with E-state index in [9.17, 15) is 0 Å². The summed E-state index contributed by atoms with van der Waals surface area (Å²) in [6.45, 7) is 3.51. The Morgan fingerprint density at radius 2 is 2.23 bits per heavy atom. The third-order valence-electron chi connectivity index (χ3n) is 2.99. The fraction of sp³-hybridized carbons (Fsp3) is 0.333. The number of nitrogens with one attached hydrogen (secondary N) is 2. The van der Waals surface area contributed by atoms with Gasteiger partial charge in [-0.05, 0) is 37.1 Å². The van der Waals surface area contributed by atoms with Crippen LogP contribution in [-0.2, 0) is 13.0 Å². The number of thiazole rings is 1. The van der Waals surface area contributed by atoms with Crippen molar-refractivity contribution in [3.8, 4) is 0 Å². The third kappa shape index (κ3) is 5.26. The van der Waals surface area contributed by atoms with E-state index in [1.807, 2.05) is 24.4 Å². The van der Waals surface area contributed by atoms with Gasteiger partial charge >= 0.3 is 0 Å². The number of guanidine groups is 1. The lowest BCUT2D eigenvalue weighted by molar-refractivity contribution is 0.790. The van der Waals surface area contributed by atoms with Crippen LogP contribution in [0.25, 0.3) is 0 Å². The number of benzene rings is 1. The molecule has 118 valence electrons. The molecule has 0 fully saturated rings. The van der Waals surface area contributed by atoms with Crippen LogP contribution in [-0.4, -0.2) is 24.5 Å². The number of nitrogens with zero attached hydrogens (tertiary/aromatic N) is 2. The minimum Gasteiger partial charge on any atom is -0.356 e. The predicted molar refractivity (Wildman–Crippen MR) is 97.9 cm³/mol. The molecule has 0 aliphatic rings. The summed E-state index contributed by atoms with van der Waals surface area (Å²) < 4.78 is 1.07. The molecule has 0 saturated carbocycles. The summed E-state index contributed by atoms with van der Waals surface area (Å²) in [6, 6.07) is 5.82. The molecule has 2 aromatic rings. The minimum atomic E-state index is 0.680. The van der Waals surface area contributed by atoms with E-state index in [0.29, 0.717) is 6.54 Å². The van der Waals surface area contributed by atoms with Crippen molar-refractivity contribution in [2.45, 2.75) is 19.9 Å². The number of aromatic nitrogens is 1. The van der Waals surface area contributed by atoms with E-state index in [2.05, 4.69) is 43.5 Å². The van der Waals surface area contributed by atoms with Gasteiger partial charge in [0.25, 0.3) is 0 Å². The maximum Gasteiger partial charge on any atom is 0.191 e. The maximum atomic E-state index is 6.02. The monoisotopic (exact) mass is 400 g/mol. The van der Waals surface area contributed by atoms with Gasteiger partial charge in [-0.2, -0.15) is 0 Å². The fourth-order valence-corrected chi connectivity index (χ4v) is 3.28. The highest BCUT2D eigenvalue weighted by Crippen LogP contribution is 2.21. The topological polar surface area (TPSA) is 49.3 Å². The molecule has 0 aliphatic carbocycles. The van der Waals surface area contributed by atoms with Gasteiger partial charge in [0.1, 0.15) is 5.01 Å². The molecule has 0 saturated heterocycles. The van der Waals surface area contributed by atoms with Gasteiger partial charge in [-0.15, -0.1) is 11.3 Å². The van der Waals surface area contributed by atoms with E-state index in [-0.39, 0.29) is 0 Å². The number of hydrogen-bond acceptors (Lipinski definition) is 3. The second-order valence-corrected chi connectivity index (χ2v) is 7.31. The second-order valence-electron chi connectivity index (χ2n) is 4.70. The van der Waals surface area contributed by atoms with Crippen LogP contribution in [0.2, 0.25) is 5.02 Å². The molecule has 1 aromatic heterocycles. The molecule has 0 aliphatic heterocycles. The van der Waals surface area contributed by atoms with E-state index in [0.717, 1.165) is 33.4 Å². The van der Waals surface area contributed by atoms with Gasteiger partial charge in [-0.25, -0.2) is 4.98 Å². The standard InChI is InChI=1S/C15H18BrClN4S/c1-10-8-20-14(22-10)9-21-15(18-2)19-6-5-11-7-12(17)3-4-13(11)16/h3-4,7-8H,5-6,9H2,1-2H3,(H2,18,19,21). The quantitative estimate of drug-likeness (QED) is 0.592. The lowest BCUT2D eigenvalue weighted by Gasteiger charge is -2.11. The summed E-state index contributed by atoms with van der Waals surface area (Å²) >= 11 is 11.2. The normalized spacial score (nSPS) is 11.5. The Labute approximate surface area is 148 Å². The number of rotatable bonds is 5. The molecule has 22 heavy (non-hydrogen) atoms. The van der Waals surface area contributed by atoms with Gasteiger partial charge in [0.2, 0.25) is 0 Å². The second kappa shape index (κ2) is 8.50. The summed E-state index contributed by atoms with van der Waals surface area (Å²) in [6.07, 6.45) is 2.74. The van der Waals surface area contributed by atoms with E-state index in [4.69, 9.17) is 11.6 Å². The fourth-order valence-electron chi connectivity index (χ4n) is 1.91. The Morgan fingerprint density at radius 1 is 1.41 bits per heavy atom. The molecule has 0 bridgehead atoms. The van der Waals surface area contributed by atoms with Crippen LogP contribution >= 0.6 is 38.9 Å². The van der Waals surface area contributed by atoms with Crippen LogP contribution in [0.15, 0.2) is 33.9 Å². The lowest BCUT2D eigenvalue weighted by atomic mass is 10.1. The van der Waals surface area contributed by atoms with E-state index < -0.39 is 0 Å². The zero-order valence-electron chi connectivity index (χ0n) is 12.5. The first-order chi connectivity index (χ1) is 10.6. The molecule has 2 rings (SSSR count). The lowest BCUT2D eigenvalue weighted by Crippen LogP contribution is -2.37. The SMILES string of the molecule is CN=C(NCCc1cc(Cl)ccc1Br)NCc1ncc(C)s1. The summed E-state index contributed by atoms with van der Waals surface area (Å²) in [7, 11) is 1.76. The van der Waals surface area contributed by atoms with Crippen molar-refractivity contribution in [1.29, 1.82) is 0 Å². The highest BCUT2D eigenvalue weighted by molar-refractivity contribution is 9.10. The molecule has 1 aromatic carbocycles. The van der Waals surface area contributed by atoms with Crippen molar-refractivity contribution in [1.82, 2.24) is 15.6 Å². The third-order valence-corrected chi connectivity index (χ3v) is 4.92. The minimum absolute atomic E-state index is 0.680. The Balaban J connectivity index is 1.80. The van der Waals surface area contributed by atoms with E-state index in [1.165, 1.54) is 10.4 Å². The van der Waals surface area contributed by atoms with Gasteiger partial charge in [-0.1, -0.05) is 27.5 Å². The van der Waals surface area contributed by atoms with E-state index >= 15 is 0 Å².